The van der Waals surface area contributed by atoms with Crippen LogP contribution in [-0.2, 0) is 27.2 Å². The fourth-order valence-corrected chi connectivity index (χ4v) is 5.12. The molecule has 1 aliphatic heterocycles. The second kappa shape index (κ2) is 9.21. The van der Waals surface area contributed by atoms with Gasteiger partial charge in [0, 0.05) is 12.3 Å². The van der Waals surface area contributed by atoms with Gasteiger partial charge in [-0.2, -0.15) is 0 Å². The molecule has 0 aromatic heterocycles. The molecule has 2 aromatic rings. The van der Waals surface area contributed by atoms with Gasteiger partial charge in [-0.3, -0.25) is 4.79 Å². The van der Waals surface area contributed by atoms with Crippen LogP contribution < -0.4 is 0 Å². The number of benzene rings is 2. The molecule has 0 saturated heterocycles. The molecule has 4 rings (SSSR count). The van der Waals surface area contributed by atoms with Gasteiger partial charge in [0.05, 0.1) is 13.2 Å². The highest BCUT2D eigenvalue weighted by molar-refractivity contribution is 5.87. The largest absolute Gasteiger partial charge is 0.504 e. The summed E-state index contributed by atoms with van der Waals surface area (Å²) in [5, 5.41) is 40.0. The summed E-state index contributed by atoms with van der Waals surface area (Å²) in [5.41, 5.74) is 1.91. The highest BCUT2D eigenvalue weighted by atomic mass is 16.5. The Morgan fingerprint density at radius 1 is 0.939 bits per heavy atom. The third-order valence-electron chi connectivity index (χ3n) is 6.83. The van der Waals surface area contributed by atoms with Crippen LogP contribution >= 0.6 is 0 Å². The number of nitrogens with zero attached hydrogens (tertiary/aromatic N) is 1. The first-order chi connectivity index (χ1) is 15.8. The van der Waals surface area contributed by atoms with Crippen LogP contribution in [0.25, 0.3) is 0 Å². The Morgan fingerprint density at radius 3 is 2.27 bits per heavy atom. The van der Waals surface area contributed by atoms with E-state index >= 15 is 0 Å². The number of fused-ring (bicyclic) bond motifs is 1. The maximum atomic E-state index is 13.8. The van der Waals surface area contributed by atoms with E-state index in [-0.39, 0.29) is 47.7 Å². The molecule has 1 amide bonds. The Balaban J connectivity index is 1.82. The summed E-state index contributed by atoms with van der Waals surface area (Å²) < 4.78 is 5.04. The second-order valence-electron chi connectivity index (χ2n) is 8.91. The van der Waals surface area contributed by atoms with Gasteiger partial charge in [0.1, 0.15) is 6.04 Å². The molecule has 0 unspecified atom stereocenters. The molecule has 8 nitrogen and oxygen atoms in total. The number of amides is 1. The van der Waals surface area contributed by atoms with Gasteiger partial charge < -0.3 is 30.1 Å². The minimum absolute atomic E-state index is 0.128. The number of aromatic hydroxyl groups is 4. The number of ether oxygens (including phenoxy) is 1. The van der Waals surface area contributed by atoms with Crippen LogP contribution in [0, 0.1) is 5.92 Å². The van der Waals surface area contributed by atoms with Crippen molar-refractivity contribution in [2.45, 2.75) is 57.0 Å². The van der Waals surface area contributed by atoms with Crippen LogP contribution in [0.4, 0.5) is 0 Å². The molecule has 1 heterocycles. The third-order valence-corrected chi connectivity index (χ3v) is 6.83. The highest BCUT2D eigenvalue weighted by Crippen LogP contribution is 2.43. The van der Waals surface area contributed by atoms with Gasteiger partial charge >= 0.3 is 5.97 Å². The zero-order valence-corrected chi connectivity index (χ0v) is 18.5. The lowest BCUT2D eigenvalue weighted by atomic mass is 9.81. The highest BCUT2D eigenvalue weighted by Gasteiger charge is 2.44. The quantitative estimate of drug-likeness (QED) is 0.411. The number of esters is 1. The molecule has 2 aliphatic rings. The van der Waals surface area contributed by atoms with Crippen LogP contribution in [0.5, 0.6) is 23.0 Å². The fourth-order valence-electron chi connectivity index (χ4n) is 5.12. The molecule has 0 spiro atoms. The topological polar surface area (TPSA) is 128 Å². The number of carbonyl (C=O) groups is 2. The molecule has 1 saturated carbocycles. The van der Waals surface area contributed by atoms with Gasteiger partial charge in [-0.25, -0.2) is 4.79 Å². The number of methoxy groups -OCH3 is 1. The Hall–Kier alpha value is -3.42. The monoisotopic (exact) mass is 455 g/mol. The van der Waals surface area contributed by atoms with Gasteiger partial charge in [0.25, 0.3) is 0 Å². The summed E-state index contributed by atoms with van der Waals surface area (Å²) in [6.45, 7) is 0. The minimum atomic E-state index is -0.878. The van der Waals surface area contributed by atoms with Crippen molar-refractivity contribution in [3.8, 4) is 23.0 Å². The van der Waals surface area contributed by atoms with Gasteiger partial charge in [-0.1, -0.05) is 25.3 Å². The molecular formula is C25H29NO7. The Morgan fingerprint density at radius 2 is 1.61 bits per heavy atom. The lowest BCUT2D eigenvalue weighted by Crippen LogP contribution is -2.54. The predicted octanol–water partition coefficient (Wildman–Crippen LogP) is 3.30. The van der Waals surface area contributed by atoms with E-state index in [0.717, 1.165) is 32.1 Å². The van der Waals surface area contributed by atoms with Gasteiger partial charge in [-0.15, -0.1) is 0 Å². The lowest BCUT2D eigenvalue weighted by Gasteiger charge is -2.44. The van der Waals surface area contributed by atoms with E-state index in [1.54, 1.807) is 11.0 Å². The van der Waals surface area contributed by atoms with Crippen molar-refractivity contribution in [1.82, 2.24) is 4.90 Å². The van der Waals surface area contributed by atoms with Crippen LogP contribution in [0.2, 0.25) is 0 Å². The van der Waals surface area contributed by atoms with Crippen molar-refractivity contribution in [3.63, 3.8) is 0 Å². The maximum Gasteiger partial charge on any atom is 0.328 e. The van der Waals surface area contributed by atoms with Gasteiger partial charge in [0.15, 0.2) is 23.0 Å². The van der Waals surface area contributed by atoms with Crippen molar-refractivity contribution in [1.29, 1.82) is 0 Å². The number of carbonyl (C=O) groups excluding carboxylic acids is 2. The van der Waals surface area contributed by atoms with Crippen molar-refractivity contribution in [2.24, 2.45) is 5.92 Å². The first kappa shape index (κ1) is 22.8. The molecule has 33 heavy (non-hydrogen) atoms. The summed E-state index contributed by atoms with van der Waals surface area (Å²) in [6.07, 6.45) is 4.89. The van der Waals surface area contributed by atoms with Crippen molar-refractivity contribution in [3.05, 3.63) is 47.0 Å². The average Bonchev–Trinajstić information content (AvgIpc) is 2.82. The van der Waals surface area contributed by atoms with Crippen LogP contribution in [0.15, 0.2) is 30.3 Å². The van der Waals surface area contributed by atoms with Crippen molar-refractivity contribution in [2.75, 3.05) is 7.11 Å². The number of hydrogen-bond donors (Lipinski definition) is 4. The average molecular weight is 456 g/mol. The Bertz CT molecular complexity index is 1060. The predicted molar refractivity (Wildman–Crippen MR) is 119 cm³/mol. The van der Waals surface area contributed by atoms with E-state index in [4.69, 9.17) is 4.74 Å². The zero-order valence-electron chi connectivity index (χ0n) is 18.5. The molecule has 2 atom stereocenters. The van der Waals surface area contributed by atoms with Crippen molar-refractivity contribution < 1.29 is 34.8 Å². The first-order valence-corrected chi connectivity index (χ1v) is 11.3. The van der Waals surface area contributed by atoms with Gasteiger partial charge in [0.2, 0.25) is 5.91 Å². The van der Waals surface area contributed by atoms with Crippen molar-refractivity contribution >= 4 is 11.9 Å². The summed E-state index contributed by atoms with van der Waals surface area (Å²) in [6, 6.07) is 5.77. The van der Waals surface area contributed by atoms with E-state index in [9.17, 15) is 30.0 Å². The smallest absolute Gasteiger partial charge is 0.328 e. The summed E-state index contributed by atoms with van der Waals surface area (Å²) in [4.78, 5) is 28.2. The molecular weight excluding hydrogens is 426 g/mol. The lowest BCUT2D eigenvalue weighted by molar-refractivity contribution is -0.158. The molecule has 8 heteroatoms. The standard InChI is InChI=1S/C25H29NO7/c1-33-25(32)19-11-16-12-22(29)23(30)13-17(16)18(9-14-7-8-20(27)21(28)10-14)26(19)24(31)15-5-3-2-4-6-15/h7-8,10,12-13,15,18-19,27-30H,2-6,9,11H2,1H3/t18-,19-/m0/s1. The van der Waals surface area contributed by atoms with Gasteiger partial charge in [-0.05, 0) is 60.2 Å². The molecule has 176 valence electrons. The van der Waals surface area contributed by atoms with E-state index in [1.807, 2.05) is 0 Å². The first-order valence-electron chi connectivity index (χ1n) is 11.3. The van der Waals surface area contributed by atoms with Crippen LogP contribution in [0.1, 0.15) is 54.8 Å². The molecule has 0 radical (unpaired) electrons. The molecule has 1 fully saturated rings. The zero-order chi connectivity index (χ0) is 23.7. The Labute approximate surface area is 192 Å². The van der Waals surface area contributed by atoms with E-state index < -0.39 is 18.1 Å². The molecule has 0 bridgehead atoms. The van der Waals surface area contributed by atoms with Crippen LogP contribution in [-0.4, -0.2) is 50.4 Å². The number of hydrogen-bond acceptors (Lipinski definition) is 7. The molecule has 1 aliphatic carbocycles. The summed E-state index contributed by atoms with van der Waals surface area (Å²) in [5.74, 6) is -2.03. The number of phenols is 4. The fraction of sp³-hybridized carbons (Fsp3) is 0.440. The summed E-state index contributed by atoms with van der Waals surface area (Å²) >= 11 is 0. The van der Waals surface area contributed by atoms with E-state index in [1.165, 1.54) is 31.4 Å². The molecule has 2 aromatic carbocycles. The molecule has 4 N–H and O–H groups in total. The van der Waals surface area contributed by atoms with E-state index in [0.29, 0.717) is 16.7 Å². The van der Waals surface area contributed by atoms with E-state index in [2.05, 4.69) is 0 Å². The second-order valence-corrected chi connectivity index (χ2v) is 8.91. The Kier molecular flexibility index (Phi) is 6.35. The number of phenolic OH excluding ortho intramolecular Hbond substituents is 4. The normalized spacial score (nSPS) is 20.8. The SMILES string of the molecule is COC(=O)[C@@H]1Cc2cc(O)c(O)cc2[C@H](Cc2ccc(O)c(O)c2)N1C(=O)C1CCCCC1. The maximum absolute atomic E-state index is 13.8. The summed E-state index contributed by atoms with van der Waals surface area (Å²) in [7, 11) is 1.28. The van der Waals surface area contributed by atoms with Crippen LogP contribution in [0.3, 0.4) is 0 Å². The minimum Gasteiger partial charge on any atom is -0.504 e. The number of rotatable bonds is 4. The third kappa shape index (κ3) is 4.42.